The van der Waals surface area contributed by atoms with Crippen molar-refractivity contribution in [3.8, 4) is 23.1 Å². The Kier molecular flexibility index (Phi) is 10.7. The predicted molar refractivity (Wildman–Crippen MR) is 231 cm³/mol. The van der Waals surface area contributed by atoms with Crippen molar-refractivity contribution >= 4 is 45.0 Å². The summed E-state index contributed by atoms with van der Waals surface area (Å²) in [6.45, 7) is 6.90. The van der Waals surface area contributed by atoms with E-state index in [9.17, 15) is 24.3 Å². The first-order chi connectivity index (χ1) is 28.7. The number of nitriles is 1. The fourth-order valence-electron chi connectivity index (χ4n) is 8.54. The van der Waals surface area contributed by atoms with E-state index in [0.717, 1.165) is 16.7 Å². The number of carbonyl (C=O) groups excluding carboxylic acids is 3. The van der Waals surface area contributed by atoms with Crippen LogP contribution >= 0.6 is 15.9 Å². The summed E-state index contributed by atoms with van der Waals surface area (Å²) in [5.41, 5.74) is 9.45. The van der Waals surface area contributed by atoms with Gasteiger partial charge in [-0.3, -0.25) is 19.3 Å². The van der Waals surface area contributed by atoms with E-state index in [4.69, 9.17) is 0 Å². The molecule has 304 valence electrons. The molecule has 4 heterocycles. The van der Waals surface area contributed by atoms with Crippen molar-refractivity contribution in [1.82, 2.24) is 18.9 Å². The molecule has 1 N–H and O–H groups in total. The van der Waals surface area contributed by atoms with Crippen molar-refractivity contribution in [3.05, 3.63) is 157 Å². The number of amides is 3. The molecule has 2 aliphatic heterocycles. The van der Waals surface area contributed by atoms with Crippen LogP contribution < -0.4 is 4.90 Å². The molecule has 0 fully saturated rings. The van der Waals surface area contributed by atoms with Gasteiger partial charge in [-0.2, -0.15) is 5.26 Å². The molecule has 4 aromatic carbocycles. The summed E-state index contributed by atoms with van der Waals surface area (Å²) in [6, 6.07) is 28.8. The molecule has 0 radical (unpaired) electrons. The minimum atomic E-state index is -0.447. The molecule has 0 saturated heterocycles. The largest absolute Gasteiger partial charge is 0.508 e. The second-order valence-corrected chi connectivity index (χ2v) is 16.7. The standard InChI is InChI=1S/C48H44BrFN6O4/c1-28-18-31-8-6-7-9-34(31)27-55(28)47(59)42-20-35-26-54(46(58)21-33-10-11-36(49)22-43(33)50)17-16-32(35)19-41(42)45-24-40(29(2)53(45)5)48(60)56(37-12-14-39(57)15-13-37)44-23-38(25-51)52(4)30(44)3/h6-15,19-20,22-24,28,57H,16-18,21,26-27H2,1-5H3/t28-/m1/s1. The van der Waals surface area contributed by atoms with Gasteiger partial charge in [0.2, 0.25) is 5.91 Å². The first-order valence-corrected chi connectivity index (χ1v) is 20.6. The number of carbonyl (C=O) groups is 3. The third-order valence-electron chi connectivity index (χ3n) is 12.3. The van der Waals surface area contributed by atoms with Gasteiger partial charge in [0, 0.05) is 78.1 Å². The van der Waals surface area contributed by atoms with E-state index in [1.54, 1.807) is 51.7 Å². The van der Waals surface area contributed by atoms with Gasteiger partial charge in [0.25, 0.3) is 11.8 Å². The molecule has 12 heteroatoms. The maximum absolute atomic E-state index is 15.0. The Hall–Kier alpha value is -6.45. The molecule has 1 atom stereocenters. The SMILES string of the molecule is Cc1c(N(C(=O)c2cc(-c3cc4c(cc3C(=O)N3Cc5ccccc5C[C@H]3C)CN(C(=O)Cc3ccc(Br)cc3F)CC4)n(C)c2C)c2ccc(O)cc2)cc(C#N)n1C. The highest BCUT2D eigenvalue weighted by atomic mass is 79.9. The lowest BCUT2D eigenvalue weighted by Gasteiger charge is -2.36. The summed E-state index contributed by atoms with van der Waals surface area (Å²) >= 11 is 3.29. The van der Waals surface area contributed by atoms with Crippen LogP contribution in [-0.4, -0.2) is 54.3 Å². The molecule has 6 aromatic rings. The van der Waals surface area contributed by atoms with E-state index in [1.807, 2.05) is 60.7 Å². The molecule has 2 aliphatic rings. The molecule has 2 aromatic heterocycles. The third kappa shape index (κ3) is 7.28. The third-order valence-corrected chi connectivity index (χ3v) is 12.8. The monoisotopic (exact) mass is 866 g/mol. The Labute approximate surface area is 356 Å². The highest BCUT2D eigenvalue weighted by molar-refractivity contribution is 9.10. The number of benzene rings is 4. The number of nitrogens with zero attached hydrogens (tertiary/aromatic N) is 6. The van der Waals surface area contributed by atoms with Crippen LogP contribution in [0.1, 0.15) is 72.5 Å². The van der Waals surface area contributed by atoms with Crippen LogP contribution in [0.3, 0.4) is 0 Å². The summed E-state index contributed by atoms with van der Waals surface area (Å²) in [5, 5.41) is 20.0. The summed E-state index contributed by atoms with van der Waals surface area (Å²) in [4.78, 5) is 48.8. The van der Waals surface area contributed by atoms with E-state index >= 15 is 4.79 Å². The van der Waals surface area contributed by atoms with Crippen molar-refractivity contribution < 1.29 is 23.9 Å². The Balaban J connectivity index is 1.22. The van der Waals surface area contributed by atoms with Crippen molar-refractivity contribution in [2.45, 2.75) is 59.2 Å². The zero-order chi connectivity index (χ0) is 42.6. The summed E-state index contributed by atoms with van der Waals surface area (Å²) in [5.74, 6) is -1.10. The first kappa shape index (κ1) is 40.3. The molecule has 60 heavy (non-hydrogen) atoms. The fraction of sp³-hybridized carbons (Fsp3) is 0.250. The lowest BCUT2D eigenvalue weighted by molar-refractivity contribution is -0.131. The average Bonchev–Trinajstić information content (AvgIpc) is 3.70. The minimum absolute atomic E-state index is 0.0499. The summed E-state index contributed by atoms with van der Waals surface area (Å²) in [7, 11) is 3.65. The molecule has 0 bridgehead atoms. The number of phenols is 1. The number of fused-ring (bicyclic) bond motifs is 2. The fourth-order valence-corrected chi connectivity index (χ4v) is 8.87. The summed E-state index contributed by atoms with van der Waals surface area (Å²) < 4.78 is 19.0. The number of rotatable bonds is 7. The molecule has 0 saturated carbocycles. The van der Waals surface area contributed by atoms with Crippen LogP contribution in [0.2, 0.25) is 0 Å². The van der Waals surface area contributed by atoms with Gasteiger partial charge in [-0.05, 0) is 122 Å². The lowest BCUT2D eigenvalue weighted by atomic mass is 9.89. The Morgan fingerprint density at radius 1 is 0.867 bits per heavy atom. The van der Waals surface area contributed by atoms with Gasteiger partial charge in [-0.25, -0.2) is 4.39 Å². The number of hydrogen-bond donors (Lipinski definition) is 1. The average molecular weight is 868 g/mol. The number of anilines is 2. The minimum Gasteiger partial charge on any atom is -0.508 e. The predicted octanol–water partition coefficient (Wildman–Crippen LogP) is 8.82. The van der Waals surface area contributed by atoms with E-state index in [-0.39, 0.29) is 42.5 Å². The number of phenolic OH excluding ortho intramolecular Hbond substituents is 1. The number of aromatic hydroxyl groups is 1. The van der Waals surface area contributed by atoms with Crippen LogP contribution in [0.4, 0.5) is 15.8 Å². The number of hydrogen-bond acceptors (Lipinski definition) is 5. The van der Waals surface area contributed by atoms with Gasteiger partial charge in [-0.15, -0.1) is 0 Å². The van der Waals surface area contributed by atoms with Gasteiger partial charge in [0.15, 0.2) is 0 Å². The van der Waals surface area contributed by atoms with Crippen molar-refractivity contribution in [3.63, 3.8) is 0 Å². The maximum atomic E-state index is 15.0. The highest BCUT2D eigenvalue weighted by Crippen LogP contribution is 2.38. The second kappa shape index (κ2) is 16.0. The lowest BCUT2D eigenvalue weighted by Crippen LogP contribution is -2.43. The highest BCUT2D eigenvalue weighted by Gasteiger charge is 2.33. The van der Waals surface area contributed by atoms with Crippen LogP contribution in [0, 0.1) is 31.0 Å². The number of aromatic nitrogens is 2. The second-order valence-electron chi connectivity index (χ2n) is 15.8. The van der Waals surface area contributed by atoms with E-state index in [0.29, 0.717) is 86.8 Å². The number of halogens is 2. The van der Waals surface area contributed by atoms with Gasteiger partial charge >= 0.3 is 0 Å². The van der Waals surface area contributed by atoms with Gasteiger partial charge < -0.3 is 24.0 Å². The molecule has 0 unspecified atom stereocenters. The molecule has 10 nitrogen and oxygen atoms in total. The van der Waals surface area contributed by atoms with Crippen LogP contribution in [0.15, 0.2) is 95.5 Å². The quantitative estimate of drug-likeness (QED) is 0.172. The van der Waals surface area contributed by atoms with Crippen molar-refractivity contribution in [2.24, 2.45) is 14.1 Å². The molecule has 0 spiro atoms. The zero-order valence-electron chi connectivity index (χ0n) is 34.1. The van der Waals surface area contributed by atoms with Crippen LogP contribution in [0.5, 0.6) is 5.75 Å². The van der Waals surface area contributed by atoms with Gasteiger partial charge in [0.05, 0.1) is 17.7 Å². The molecule has 0 aliphatic carbocycles. The zero-order valence-corrected chi connectivity index (χ0v) is 35.7. The Morgan fingerprint density at radius 2 is 1.60 bits per heavy atom. The molecule has 3 amide bonds. The van der Waals surface area contributed by atoms with Crippen LogP contribution in [-0.2, 0) is 51.2 Å². The topological polar surface area (TPSA) is 115 Å². The smallest absolute Gasteiger partial charge is 0.264 e. The molecular formula is C48H44BrFN6O4. The Morgan fingerprint density at radius 3 is 2.30 bits per heavy atom. The van der Waals surface area contributed by atoms with E-state index < -0.39 is 5.82 Å². The first-order valence-electron chi connectivity index (χ1n) is 19.9. The maximum Gasteiger partial charge on any atom is 0.264 e. The van der Waals surface area contributed by atoms with Crippen molar-refractivity contribution in [1.29, 1.82) is 5.26 Å². The van der Waals surface area contributed by atoms with Gasteiger partial charge in [0.1, 0.15) is 23.3 Å². The van der Waals surface area contributed by atoms with E-state index in [2.05, 4.69) is 41.1 Å². The van der Waals surface area contributed by atoms with Crippen molar-refractivity contribution in [2.75, 3.05) is 11.4 Å². The van der Waals surface area contributed by atoms with E-state index in [1.165, 1.54) is 23.8 Å². The van der Waals surface area contributed by atoms with Gasteiger partial charge in [-0.1, -0.05) is 46.3 Å². The molecular weight excluding hydrogens is 823 g/mol. The Bertz CT molecular complexity index is 2760. The summed E-state index contributed by atoms with van der Waals surface area (Å²) in [6.07, 6.45) is 1.15. The molecule has 8 rings (SSSR count). The van der Waals surface area contributed by atoms with Crippen LogP contribution in [0.25, 0.3) is 11.3 Å². The normalized spacial score (nSPS) is 14.7.